The second-order valence-corrected chi connectivity index (χ2v) is 7.98. The third-order valence-electron chi connectivity index (χ3n) is 5.16. The Morgan fingerprint density at radius 1 is 1.19 bits per heavy atom. The maximum absolute atomic E-state index is 14.3. The molecule has 0 unspecified atom stereocenters. The minimum absolute atomic E-state index is 0.132. The van der Waals surface area contributed by atoms with Crippen molar-refractivity contribution in [3.8, 4) is 0 Å². The van der Waals surface area contributed by atoms with Gasteiger partial charge in [-0.25, -0.2) is 8.78 Å². The first-order valence-corrected chi connectivity index (χ1v) is 9.59. The molecule has 1 amide bonds. The van der Waals surface area contributed by atoms with Gasteiger partial charge < -0.3 is 10.1 Å². The highest BCUT2D eigenvalue weighted by Crippen LogP contribution is 2.47. The number of carbonyl (C=O) groups is 1. The van der Waals surface area contributed by atoms with E-state index in [9.17, 15) is 13.6 Å². The van der Waals surface area contributed by atoms with Crippen LogP contribution in [0, 0.1) is 11.6 Å². The fourth-order valence-electron chi connectivity index (χ4n) is 3.48. The van der Waals surface area contributed by atoms with Crippen LogP contribution in [0.15, 0.2) is 42.5 Å². The van der Waals surface area contributed by atoms with E-state index in [1.54, 1.807) is 24.3 Å². The summed E-state index contributed by atoms with van der Waals surface area (Å²) in [6, 6.07) is 11.3. The van der Waals surface area contributed by atoms with Gasteiger partial charge in [0.1, 0.15) is 11.6 Å². The van der Waals surface area contributed by atoms with Crippen molar-refractivity contribution in [3.05, 3.63) is 70.1 Å². The van der Waals surface area contributed by atoms with Crippen LogP contribution in [0.1, 0.15) is 33.6 Å². The Morgan fingerprint density at radius 2 is 1.93 bits per heavy atom. The van der Waals surface area contributed by atoms with Crippen LogP contribution in [-0.4, -0.2) is 19.6 Å². The van der Waals surface area contributed by atoms with E-state index in [0.29, 0.717) is 22.4 Å². The Kier molecular flexibility index (Phi) is 4.70. The van der Waals surface area contributed by atoms with Gasteiger partial charge in [-0.1, -0.05) is 18.2 Å². The Balaban J connectivity index is 1.57. The van der Waals surface area contributed by atoms with Gasteiger partial charge in [0.25, 0.3) is 5.91 Å². The number of rotatable bonds is 6. The average molecular weight is 387 g/mol. The number of hydrogen-bond donors (Lipinski definition) is 1. The van der Waals surface area contributed by atoms with E-state index < -0.39 is 0 Å². The third-order valence-corrected chi connectivity index (χ3v) is 6.35. The maximum Gasteiger partial charge on any atom is 0.261 e. The molecule has 1 aliphatic rings. The van der Waals surface area contributed by atoms with Crippen LogP contribution in [0.25, 0.3) is 10.1 Å². The third kappa shape index (κ3) is 3.35. The summed E-state index contributed by atoms with van der Waals surface area (Å²) in [5.41, 5.74) is 1.48. The SMILES string of the molecule is COCc1c(C(=O)NCC2(c3ccc(F)cc3)CC2)sc2cccc(F)c12. The summed E-state index contributed by atoms with van der Waals surface area (Å²) >= 11 is 1.27. The molecule has 0 atom stereocenters. The molecule has 4 rings (SSSR count). The van der Waals surface area contributed by atoms with Crippen molar-refractivity contribution in [1.82, 2.24) is 5.32 Å². The van der Waals surface area contributed by atoms with E-state index in [1.165, 1.54) is 36.6 Å². The second-order valence-electron chi connectivity index (χ2n) is 6.93. The van der Waals surface area contributed by atoms with Gasteiger partial charge in [-0.3, -0.25) is 4.79 Å². The van der Waals surface area contributed by atoms with Crippen LogP contribution < -0.4 is 5.32 Å². The number of carbonyl (C=O) groups excluding carboxylic acids is 1. The summed E-state index contributed by atoms with van der Waals surface area (Å²) in [7, 11) is 1.53. The minimum Gasteiger partial charge on any atom is -0.380 e. The molecular weight excluding hydrogens is 368 g/mol. The lowest BCUT2D eigenvalue weighted by molar-refractivity contribution is 0.0949. The van der Waals surface area contributed by atoms with E-state index in [4.69, 9.17) is 4.74 Å². The topological polar surface area (TPSA) is 38.3 Å². The first kappa shape index (κ1) is 18.1. The number of methoxy groups -OCH3 is 1. The van der Waals surface area contributed by atoms with Crippen molar-refractivity contribution in [2.45, 2.75) is 24.9 Å². The van der Waals surface area contributed by atoms with Crippen molar-refractivity contribution in [2.24, 2.45) is 0 Å². The molecule has 1 fully saturated rings. The van der Waals surface area contributed by atoms with E-state index in [1.807, 2.05) is 0 Å². The normalized spacial score (nSPS) is 15.1. The van der Waals surface area contributed by atoms with Crippen LogP contribution in [0.4, 0.5) is 8.78 Å². The monoisotopic (exact) mass is 387 g/mol. The molecule has 1 aliphatic carbocycles. The summed E-state index contributed by atoms with van der Waals surface area (Å²) < 4.78 is 33.4. The molecule has 3 nitrogen and oxygen atoms in total. The van der Waals surface area contributed by atoms with Crippen molar-refractivity contribution in [3.63, 3.8) is 0 Å². The molecule has 1 N–H and O–H groups in total. The van der Waals surface area contributed by atoms with Crippen LogP contribution in [0.3, 0.4) is 0 Å². The Labute approximate surface area is 160 Å². The molecule has 0 saturated heterocycles. The molecule has 0 bridgehead atoms. The van der Waals surface area contributed by atoms with Gasteiger partial charge in [0.15, 0.2) is 0 Å². The summed E-state index contributed by atoms with van der Waals surface area (Å²) in [6.45, 7) is 0.646. The summed E-state index contributed by atoms with van der Waals surface area (Å²) in [4.78, 5) is 13.3. The summed E-state index contributed by atoms with van der Waals surface area (Å²) in [5, 5.41) is 3.45. The van der Waals surface area contributed by atoms with Gasteiger partial charge in [-0.05, 0) is 42.7 Å². The number of hydrogen-bond acceptors (Lipinski definition) is 3. The zero-order chi connectivity index (χ0) is 19.0. The van der Waals surface area contributed by atoms with Crippen LogP contribution in [0.5, 0.6) is 0 Å². The van der Waals surface area contributed by atoms with Gasteiger partial charge in [-0.2, -0.15) is 0 Å². The van der Waals surface area contributed by atoms with Crippen molar-refractivity contribution in [2.75, 3.05) is 13.7 Å². The molecule has 1 heterocycles. The van der Waals surface area contributed by atoms with Crippen LogP contribution in [0.2, 0.25) is 0 Å². The van der Waals surface area contributed by atoms with Crippen molar-refractivity contribution in [1.29, 1.82) is 0 Å². The molecule has 140 valence electrons. The maximum atomic E-state index is 14.3. The predicted molar refractivity (Wildman–Crippen MR) is 102 cm³/mol. The van der Waals surface area contributed by atoms with Gasteiger partial charge in [-0.15, -0.1) is 11.3 Å². The minimum atomic E-state index is -0.347. The molecule has 0 spiro atoms. The highest BCUT2D eigenvalue weighted by Gasteiger charge is 2.44. The van der Waals surface area contributed by atoms with E-state index in [-0.39, 0.29) is 29.6 Å². The number of fused-ring (bicyclic) bond motifs is 1. The molecule has 1 aromatic heterocycles. The molecule has 6 heteroatoms. The van der Waals surface area contributed by atoms with Gasteiger partial charge in [0, 0.05) is 34.7 Å². The smallest absolute Gasteiger partial charge is 0.261 e. The Bertz CT molecular complexity index is 993. The molecule has 3 aromatic rings. The number of thiophene rings is 1. The first-order chi connectivity index (χ1) is 13.0. The van der Waals surface area contributed by atoms with E-state index in [2.05, 4.69) is 5.32 Å². The molecule has 0 radical (unpaired) electrons. The van der Waals surface area contributed by atoms with Crippen LogP contribution in [-0.2, 0) is 16.8 Å². The lowest BCUT2D eigenvalue weighted by Crippen LogP contribution is -2.32. The van der Waals surface area contributed by atoms with Crippen molar-refractivity contribution < 1.29 is 18.3 Å². The van der Waals surface area contributed by atoms with Gasteiger partial charge in [0.2, 0.25) is 0 Å². The quantitative estimate of drug-likeness (QED) is 0.661. The Hall–Kier alpha value is -2.31. The lowest BCUT2D eigenvalue weighted by Gasteiger charge is -2.16. The second kappa shape index (κ2) is 7.02. The van der Waals surface area contributed by atoms with Crippen molar-refractivity contribution >= 4 is 27.3 Å². The van der Waals surface area contributed by atoms with E-state index >= 15 is 0 Å². The summed E-state index contributed by atoms with van der Waals surface area (Å²) in [5.74, 6) is -0.842. The fraction of sp³-hybridized carbons (Fsp3) is 0.286. The standard InChI is InChI=1S/C21H19F2NO2S/c1-26-11-15-18-16(23)3-2-4-17(18)27-19(15)20(25)24-12-21(9-10-21)13-5-7-14(22)8-6-13/h2-8H,9-12H2,1H3,(H,24,25). The summed E-state index contributed by atoms with van der Waals surface area (Å²) in [6.07, 6.45) is 1.90. The zero-order valence-electron chi connectivity index (χ0n) is 14.9. The average Bonchev–Trinajstić information content (AvgIpc) is 3.36. The number of benzene rings is 2. The largest absolute Gasteiger partial charge is 0.380 e. The number of nitrogens with one attached hydrogen (secondary N) is 1. The first-order valence-electron chi connectivity index (χ1n) is 8.77. The molecular formula is C21H19F2NO2S. The van der Waals surface area contributed by atoms with Gasteiger partial charge in [0.05, 0.1) is 11.5 Å². The lowest BCUT2D eigenvalue weighted by atomic mass is 9.96. The fourth-order valence-corrected chi connectivity index (χ4v) is 4.62. The number of ether oxygens (including phenoxy) is 1. The molecule has 2 aromatic carbocycles. The van der Waals surface area contributed by atoms with Gasteiger partial charge >= 0.3 is 0 Å². The number of amides is 1. The highest BCUT2D eigenvalue weighted by molar-refractivity contribution is 7.21. The van der Waals surface area contributed by atoms with E-state index in [0.717, 1.165) is 23.1 Å². The number of halogens is 2. The zero-order valence-corrected chi connectivity index (χ0v) is 15.7. The molecule has 0 aliphatic heterocycles. The Morgan fingerprint density at radius 3 is 2.59 bits per heavy atom. The molecule has 27 heavy (non-hydrogen) atoms. The molecule has 1 saturated carbocycles. The predicted octanol–water partition coefficient (Wildman–Crippen LogP) is 4.79. The van der Waals surface area contributed by atoms with Crippen LogP contribution >= 0.6 is 11.3 Å². The highest BCUT2D eigenvalue weighted by atomic mass is 32.1.